The lowest BCUT2D eigenvalue weighted by Crippen LogP contribution is -2.42. The van der Waals surface area contributed by atoms with E-state index in [-0.39, 0.29) is 20.9 Å². The third-order valence-electron chi connectivity index (χ3n) is 6.07. The summed E-state index contributed by atoms with van der Waals surface area (Å²) < 4.78 is 39.9. The second-order valence-corrected chi connectivity index (χ2v) is 9.45. The summed E-state index contributed by atoms with van der Waals surface area (Å²) in [5.41, 5.74) is -0.528. The number of aryl methyl sites for hydroxylation is 1. The Labute approximate surface area is 205 Å². The molecule has 2 aliphatic rings. The van der Waals surface area contributed by atoms with Crippen molar-refractivity contribution in [1.29, 1.82) is 0 Å². The van der Waals surface area contributed by atoms with Crippen molar-refractivity contribution in [3.8, 4) is 0 Å². The van der Waals surface area contributed by atoms with Gasteiger partial charge >= 0.3 is 6.18 Å². The van der Waals surface area contributed by atoms with Gasteiger partial charge in [0.05, 0.1) is 22.0 Å². The molecule has 8 nitrogen and oxygen atoms in total. The Hall–Kier alpha value is -2.44. The van der Waals surface area contributed by atoms with Crippen molar-refractivity contribution in [3.63, 3.8) is 0 Å². The maximum Gasteiger partial charge on any atom is 0.416 e. The Morgan fingerprint density at radius 1 is 1.29 bits per heavy atom. The standard InChI is InChI=1S/C21H21BrClF3N6O2/c22-19-29-11-28-15-2-1-5-20(6-7-27-10-20)17(15)18(34)32(31-19)9-16(33)30-14-4-3-12(8-13(14)23)21(24,25)26/h3-4,8,11,27H,1-2,5-7,9-10H2,(H,30,33)(H,28,29,31). The minimum Gasteiger partial charge on any atom is -0.323 e. The lowest BCUT2D eigenvalue weighted by molar-refractivity contribution is -0.137. The third-order valence-corrected chi connectivity index (χ3v) is 6.77. The van der Waals surface area contributed by atoms with Crippen molar-refractivity contribution < 1.29 is 18.0 Å². The summed E-state index contributed by atoms with van der Waals surface area (Å²) in [6, 6.07) is 2.63. The second-order valence-electron chi connectivity index (χ2n) is 8.29. The van der Waals surface area contributed by atoms with Crippen molar-refractivity contribution in [2.75, 3.05) is 18.4 Å². The van der Waals surface area contributed by atoms with Gasteiger partial charge in [-0.05, 0) is 66.4 Å². The van der Waals surface area contributed by atoms with Crippen LogP contribution in [0, 0.1) is 0 Å². The van der Waals surface area contributed by atoms with E-state index in [1.54, 1.807) is 0 Å². The number of hydrogen-bond donors (Lipinski definition) is 3. The summed E-state index contributed by atoms with van der Waals surface area (Å²) >= 11 is 9.16. The van der Waals surface area contributed by atoms with Crippen LogP contribution in [0.15, 0.2) is 34.1 Å². The van der Waals surface area contributed by atoms with Gasteiger partial charge in [-0.25, -0.2) is 14.6 Å². The first-order chi connectivity index (χ1) is 16.1. The lowest BCUT2D eigenvalue weighted by Gasteiger charge is -2.32. The molecule has 3 N–H and O–H groups in total. The summed E-state index contributed by atoms with van der Waals surface area (Å²) in [7, 11) is 0. The van der Waals surface area contributed by atoms with E-state index in [0.29, 0.717) is 24.2 Å². The number of rotatable bonds is 3. The number of halogens is 5. The quantitative estimate of drug-likeness (QED) is 0.530. The predicted octanol–water partition coefficient (Wildman–Crippen LogP) is 3.73. The molecule has 1 amide bonds. The van der Waals surface area contributed by atoms with Gasteiger partial charge in [-0.15, -0.1) is 0 Å². The highest BCUT2D eigenvalue weighted by atomic mass is 79.9. The van der Waals surface area contributed by atoms with Gasteiger partial charge in [0, 0.05) is 17.5 Å². The number of hydrogen-bond acceptors (Lipinski definition) is 5. The minimum atomic E-state index is -4.56. The van der Waals surface area contributed by atoms with Crippen molar-refractivity contribution in [2.24, 2.45) is 0 Å². The van der Waals surface area contributed by atoms with Crippen LogP contribution in [0.4, 0.5) is 18.9 Å². The van der Waals surface area contributed by atoms with E-state index in [2.05, 4.69) is 41.6 Å². The number of amides is 1. The smallest absolute Gasteiger partial charge is 0.323 e. The second kappa shape index (κ2) is 9.67. The fraction of sp³-hybridized carbons (Fsp3) is 0.429. The van der Waals surface area contributed by atoms with Crippen LogP contribution in [0.25, 0.3) is 0 Å². The Morgan fingerprint density at radius 3 is 2.76 bits per heavy atom. The maximum absolute atomic E-state index is 13.7. The molecule has 1 spiro atoms. The van der Waals surface area contributed by atoms with Crippen molar-refractivity contribution in [1.82, 2.24) is 25.1 Å². The van der Waals surface area contributed by atoms with Crippen LogP contribution in [0.5, 0.6) is 0 Å². The molecule has 1 unspecified atom stereocenters. The Kier molecular flexibility index (Phi) is 7.02. The normalized spacial score (nSPS) is 19.6. The zero-order valence-electron chi connectivity index (χ0n) is 17.8. The van der Waals surface area contributed by atoms with Crippen molar-refractivity contribution in [3.05, 3.63) is 61.5 Å². The van der Waals surface area contributed by atoms with E-state index in [0.717, 1.165) is 48.7 Å². The molecular weight excluding hydrogens is 541 g/mol. The molecule has 1 aliphatic heterocycles. The molecule has 4 rings (SSSR count). The average molecular weight is 562 g/mol. The van der Waals surface area contributed by atoms with Gasteiger partial charge < -0.3 is 10.6 Å². The molecule has 1 aliphatic carbocycles. The SMILES string of the molecule is O=C(Cn1[nH]c(Br)ncnc2c(c1=O)C1(CCC2)CCNC1)Nc1ccc(C(F)(F)F)cc1Cl. The average Bonchev–Trinajstić information content (AvgIpc) is 3.23. The maximum atomic E-state index is 13.7. The highest BCUT2D eigenvalue weighted by Gasteiger charge is 2.42. The molecule has 1 atom stereocenters. The van der Waals surface area contributed by atoms with Crippen LogP contribution in [-0.2, 0) is 29.4 Å². The topological polar surface area (TPSA) is 105 Å². The minimum absolute atomic E-state index is 0.00137. The number of carbonyl (C=O) groups is 1. The van der Waals surface area contributed by atoms with E-state index in [4.69, 9.17) is 11.6 Å². The largest absolute Gasteiger partial charge is 0.416 e. The van der Waals surface area contributed by atoms with Crippen LogP contribution < -0.4 is 16.2 Å². The summed E-state index contributed by atoms with van der Waals surface area (Å²) in [6.07, 6.45) is -0.105. The summed E-state index contributed by atoms with van der Waals surface area (Å²) in [6.45, 7) is 0.964. The number of anilines is 1. The third kappa shape index (κ3) is 5.13. The first kappa shape index (κ1) is 24.7. The van der Waals surface area contributed by atoms with Crippen LogP contribution in [0.3, 0.4) is 0 Å². The molecule has 1 aromatic carbocycles. The lowest BCUT2D eigenvalue weighted by atomic mass is 9.71. The fourth-order valence-corrected chi connectivity index (χ4v) is 5.05. The molecule has 1 aromatic heterocycles. The van der Waals surface area contributed by atoms with Crippen LogP contribution in [0.2, 0.25) is 5.02 Å². The van der Waals surface area contributed by atoms with E-state index in [1.807, 2.05) is 0 Å². The van der Waals surface area contributed by atoms with Crippen molar-refractivity contribution in [2.45, 2.75) is 43.8 Å². The number of carbonyl (C=O) groups excluding carboxylic acids is 1. The molecule has 34 heavy (non-hydrogen) atoms. The van der Waals surface area contributed by atoms with Gasteiger partial charge in [-0.3, -0.25) is 14.7 Å². The summed E-state index contributed by atoms with van der Waals surface area (Å²) in [5, 5.41) is 8.29. The Bertz CT molecular complexity index is 1220. The Morgan fingerprint density at radius 2 is 2.09 bits per heavy atom. The molecule has 13 heteroatoms. The molecule has 1 fully saturated rings. The molecular formula is C21H21BrClF3N6O2. The highest BCUT2D eigenvalue weighted by Crippen LogP contribution is 2.39. The first-order valence-electron chi connectivity index (χ1n) is 10.5. The molecule has 2 heterocycles. The molecule has 1 saturated heterocycles. The zero-order chi connectivity index (χ0) is 24.5. The van der Waals surface area contributed by atoms with Crippen LogP contribution in [-0.4, -0.2) is 38.7 Å². The van der Waals surface area contributed by atoms with E-state index < -0.39 is 29.8 Å². The number of H-pyrrole nitrogens is 1. The van der Waals surface area contributed by atoms with Gasteiger partial charge in [0.25, 0.3) is 5.56 Å². The number of aromatic nitrogens is 4. The van der Waals surface area contributed by atoms with Crippen LogP contribution >= 0.6 is 27.5 Å². The number of nitrogens with zero attached hydrogens (tertiary/aromatic N) is 3. The monoisotopic (exact) mass is 560 g/mol. The predicted molar refractivity (Wildman–Crippen MR) is 123 cm³/mol. The number of benzene rings is 1. The van der Waals surface area contributed by atoms with Gasteiger partial charge in [-0.1, -0.05) is 11.6 Å². The van der Waals surface area contributed by atoms with Gasteiger partial charge in [0.15, 0.2) is 4.73 Å². The molecule has 0 radical (unpaired) electrons. The van der Waals surface area contributed by atoms with Gasteiger partial charge in [0.2, 0.25) is 5.91 Å². The van der Waals surface area contributed by atoms with Gasteiger partial charge in [-0.2, -0.15) is 13.2 Å². The molecule has 0 bridgehead atoms. The number of alkyl halides is 3. The highest BCUT2D eigenvalue weighted by molar-refractivity contribution is 9.10. The summed E-state index contributed by atoms with van der Waals surface area (Å²) in [5.74, 6) is -0.653. The zero-order valence-corrected chi connectivity index (χ0v) is 20.1. The van der Waals surface area contributed by atoms with E-state index >= 15 is 0 Å². The number of aromatic amines is 1. The molecule has 0 saturated carbocycles. The van der Waals surface area contributed by atoms with Gasteiger partial charge in [0.1, 0.15) is 12.9 Å². The molecule has 2 aromatic rings. The van der Waals surface area contributed by atoms with Crippen molar-refractivity contribution >= 4 is 39.1 Å². The summed E-state index contributed by atoms with van der Waals surface area (Å²) in [4.78, 5) is 35.0. The molecule has 182 valence electrons. The van der Waals surface area contributed by atoms with Crippen LogP contribution in [0.1, 0.15) is 36.1 Å². The van der Waals surface area contributed by atoms with E-state index in [9.17, 15) is 22.8 Å². The number of fused-ring (bicyclic) bond motifs is 2. The van der Waals surface area contributed by atoms with E-state index in [1.165, 1.54) is 6.33 Å². The number of nitrogens with one attached hydrogen (secondary N) is 3. The fourth-order valence-electron chi connectivity index (χ4n) is 4.51. The Balaban J connectivity index is 1.71. The first-order valence-corrected chi connectivity index (χ1v) is 11.7.